The largest absolute Gasteiger partial charge is 0.493 e. The Morgan fingerprint density at radius 2 is 2.12 bits per heavy atom. The minimum absolute atomic E-state index is 0.0997. The number of rotatable bonds is 6. The molecule has 1 aromatic heterocycles. The maximum Gasteiger partial charge on any atom is 0.272 e. The molecule has 2 saturated carbocycles. The van der Waals surface area contributed by atoms with Crippen LogP contribution in [0.2, 0.25) is 0 Å². The summed E-state index contributed by atoms with van der Waals surface area (Å²) in [6.45, 7) is 0.300. The molecular weight excluding hydrogens is 318 g/mol. The predicted molar refractivity (Wildman–Crippen MR) is 92.6 cm³/mol. The van der Waals surface area contributed by atoms with E-state index in [0.29, 0.717) is 35.8 Å². The van der Waals surface area contributed by atoms with Gasteiger partial charge < -0.3 is 14.8 Å². The molecule has 2 N–H and O–H groups in total. The van der Waals surface area contributed by atoms with Gasteiger partial charge in [0.2, 0.25) is 0 Å². The van der Waals surface area contributed by atoms with Crippen molar-refractivity contribution < 1.29 is 14.3 Å². The third-order valence-corrected chi connectivity index (χ3v) is 5.37. The third-order valence-electron chi connectivity index (χ3n) is 5.37. The Labute approximate surface area is 146 Å². The summed E-state index contributed by atoms with van der Waals surface area (Å²) >= 11 is 0. The molecule has 0 spiro atoms. The molecule has 2 fully saturated rings. The highest BCUT2D eigenvalue weighted by molar-refractivity contribution is 5.92. The number of carbonyl (C=O) groups excluding carboxylic acids is 1. The minimum atomic E-state index is -0.0997. The van der Waals surface area contributed by atoms with Gasteiger partial charge in [-0.05, 0) is 49.3 Å². The number of methoxy groups -OCH3 is 1. The van der Waals surface area contributed by atoms with Gasteiger partial charge in [-0.1, -0.05) is 18.6 Å². The van der Waals surface area contributed by atoms with E-state index in [0.717, 1.165) is 18.0 Å². The second-order valence-corrected chi connectivity index (χ2v) is 6.97. The number of fused-ring (bicyclic) bond motifs is 2. The summed E-state index contributed by atoms with van der Waals surface area (Å²) in [7, 11) is 1.61. The summed E-state index contributed by atoms with van der Waals surface area (Å²) < 4.78 is 11.0. The highest BCUT2D eigenvalue weighted by atomic mass is 16.5. The zero-order valence-electron chi connectivity index (χ0n) is 14.3. The van der Waals surface area contributed by atoms with E-state index in [1.807, 2.05) is 24.3 Å². The Morgan fingerprint density at radius 1 is 1.28 bits per heavy atom. The second-order valence-electron chi connectivity index (χ2n) is 6.97. The standard InChI is InChI=1S/C19H23N3O3/c1-24-17-4-2-3-5-18(17)25-11-14-10-16(22-21-14)19(23)20-15-9-12-6-7-13(15)8-12/h2-5,10,12-13,15H,6-9,11H2,1H3,(H,20,23)(H,21,22)/t12-,13+,15-/m1/s1. The Kier molecular flexibility index (Phi) is 4.34. The van der Waals surface area contributed by atoms with Crippen molar-refractivity contribution in [2.24, 2.45) is 11.8 Å². The zero-order valence-corrected chi connectivity index (χ0v) is 14.3. The average Bonchev–Trinajstić information content (AvgIpc) is 3.37. The fourth-order valence-corrected chi connectivity index (χ4v) is 4.11. The number of aromatic amines is 1. The minimum Gasteiger partial charge on any atom is -0.493 e. The molecule has 0 radical (unpaired) electrons. The van der Waals surface area contributed by atoms with Crippen molar-refractivity contribution in [1.29, 1.82) is 0 Å². The average molecular weight is 341 g/mol. The summed E-state index contributed by atoms with van der Waals surface area (Å²) in [6.07, 6.45) is 4.95. The van der Waals surface area contributed by atoms with Gasteiger partial charge in [0.25, 0.3) is 5.91 Å². The summed E-state index contributed by atoms with van der Waals surface area (Å²) in [6, 6.07) is 9.53. The SMILES string of the molecule is COc1ccccc1OCc1cc(C(=O)N[C@@H]2C[C@@H]3CC[C@H]2C3)n[nH]1. The van der Waals surface area contributed by atoms with E-state index in [1.165, 1.54) is 19.3 Å². The maximum atomic E-state index is 12.4. The van der Waals surface area contributed by atoms with Crippen LogP contribution in [0.3, 0.4) is 0 Å². The van der Waals surface area contributed by atoms with Crippen molar-refractivity contribution in [1.82, 2.24) is 15.5 Å². The van der Waals surface area contributed by atoms with Gasteiger partial charge in [0.05, 0.1) is 12.8 Å². The van der Waals surface area contributed by atoms with Crippen LogP contribution in [0.25, 0.3) is 0 Å². The maximum absolute atomic E-state index is 12.4. The van der Waals surface area contributed by atoms with Gasteiger partial charge in [0.15, 0.2) is 11.5 Å². The van der Waals surface area contributed by atoms with Gasteiger partial charge in [-0.15, -0.1) is 0 Å². The molecule has 3 atom stereocenters. The van der Waals surface area contributed by atoms with Gasteiger partial charge in [-0.3, -0.25) is 9.89 Å². The van der Waals surface area contributed by atoms with Crippen LogP contribution in [0, 0.1) is 11.8 Å². The van der Waals surface area contributed by atoms with Crippen LogP contribution in [0.1, 0.15) is 41.9 Å². The van der Waals surface area contributed by atoms with E-state index in [-0.39, 0.29) is 5.91 Å². The number of para-hydroxylation sites is 2. The molecule has 25 heavy (non-hydrogen) atoms. The smallest absolute Gasteiger partial charge is 0.272 e. The Hall–Kier alpha value is -2.50. The Balaban J connectivity index is 1.34. The molecule has 2 bridgehead atoms. The highest BCUT2D eigenvalue weighted by Gasteiger charge is 2.40. The Morgan fingerprint density at radius 3 is 2.84 bits per heavy atom. The van der Waals surface area contributed by atoms with Gasteiger partial charge in [-0.25, -0.2) is 0 Å². The van der Waals surface area contributed by atoms with Crippen molar-refractivity contribution in [3.8, 4) is 11.5 Å². The first-order valence-corrected chi connectivity index (χ1v) is 8.84. The lowest BCUT2D eigenvalue weighted by molar-refractivity contribution is 0.0918. The zero-order chi connectivity index (χ0) is 17.2. The first kappa shape index (κ1) is 16.0. The van der Waals surface area contributed by atoms with E-state index in [4.69, 9.17) is 9.47 Å². The van der Waals surface area contributed by atoms with Crippen LogP contribution >= 0.6 is 0 Å². The molecule has 132 valence electrons. The third kappa shape index (κ3) is 3.34. The molecule has 4 rings (SSSR count). The highest BCUT2D eigenvalue weighted by Crippen LogP contribution is 2.44. The van der Waals surface area contributed by atoms with E-state index < -0.39 is 0 Å². The molecule has 0 unspecified atom stereocenters. The molecule has 0 saturated heterocycles. The molecule has 1 heterocycles. The predicted octanol–water partition coefficient (Wildman–Crippen LogP) is 2.92. The van der Waals surface area contributed by atoms with Gasteiger partial charge in [0.1, 0.15) is 12.3 Å². The molecule has 6 nitrogen and oxygen atoms in total. The molecule has 1 amide bonds. The quantitative estimate of drug-likeness (QED) is 0.847. The molecule has 1 aromatic carbocycles. The van der Waals surface area contributed by atoms with E-state index in [2.05, 4.69) is 15.5 Å². The van der Waals surface area contributed by atoms with Gasteiger partial charge in [-0.2, -0.15) is 5.10 Å². The number of benzene rings is 1. The van der Waals surface area contributed by atoms with Crippen LogP contribution in [-0.4, -0.2) is 29.3 Å². The number of hydrogen-bond donors (Lipinski definition) is 2. The van der Waals surface area contributed by atoms with Gasteiger partial charge in [0, 0.05) is 6.04 Å². The van der Waals surface area contributed by atoms with Crippen molar-refractivity contribution in [2.75, 3.05) is 7.11 Å². The first-order valence-electron chi connectivity index (χ1n) is 8.84. The van der Waals surface area contributed by atoms with Crippen LogP contribution in [-0.2, 0) is 6.61 Å². The van der Waals surface area contributed by atoms with Crippen LogP contribution < -0.4 is 14.8 Å². The van der Waals surface area contributed by atoms with Gasteiger partial charge >= 0.3 is 0 Å². The number of ether oxygens (including phenoxy) is 2. The van der Waals surface area contributed by atoms with E-state index in [9.17, 15) is 4.79 Å². The van der Waals surface area contributed by atoms with E-state index in [1.54, 1.807) is 13.2 Å². The molecule has 2 aliphatic carbocycles. The number of H-pyrrole nitrogens is 1. The number of hydrogen-bond acceptors (Lipinski definition) is 4. The van der Waals surface area contributed by atoms with Crippen LogP contribution in [0.5, 0.6) is 11.5 Å². The summed E-state index contributed by atoms with van der Waals surface area (Å²) in [5.74, 6) is 2.70. The Bertz CT molecular complexity index is 758. The second kappa shape index (κ2) is 6.78. The number of nitrogens with one attached hydrogen (secondary N) is 2. The molecular formula is C19H23N3O3. The number of aromatic nitrogens is 2. The fourth-order valence-electron chi connectivity index (χ4n) is 4.11. The monoisotopic (exact) mass is 341 g/mol. The van der Waals surface area contributed by atoms with E-state index >= 15 is 0 Å². The lowest BCUT2D eigenvalue weighted by Crippen LogP contribution is -2.38. The number of amides is 1. The van der Waals surface area contributed by atoms with Crippen LogP contribution in [0.15, 0.2) is 30.3 Å². The van der Waals surface area contributed by atoms with Crippen molar-refractivity contribution in [2.45, 2.75) is 38.3 Å². The number of nitrogens with zero attached hydrogens (tertiary/aromatic N) is 1. The molecule has 2 aromatic rings. The van der Waals surface area contributed by atoms with Crippen molar-refractivity contribution in [3.05, 3.63) is 41.7 Å². The number of carbonyl (C=O) groups is 1. The first-order chi connectivity index (χ1) is 12.2. The normalized spacial score (nSPS) is 24.3. The summed E-state index contributed by atoms with van der Waals surface area (Å²) in [5.41, 5.74) is 1.17. The van der Waals surface area contributed by atoms with Crippen molar-refractivity contribution >= 4 is 5.91 Å². The summed E-state index contributed by atoms with van der Waals surface area (Å²) in [4.78, 5) is 12.4. The van der Waals surface area contributed by atoms with Crippen LogP contribution in [0.4, 0.5) is 0 Å². The lowest BCUT2D eigenvalue weighted by atomic mass is 9.95. The lowest BCUT2D eigenvalue weighted by Gasteiger charge is -2.22. The topological polar surface area (TPSA) is 76.2 Å². The molecule has 2 aliphatic rings. The molecule has 0 aliphatic heterocycles. The summed E-state index contributed by atoms with van der Waals surface area (Å²) in [5, 5.41) is 10.2. The van der Waals surface area contributed by atoms with Crippen molar-refractivity contribution in [3.63, 3.8) is 0 Å². The fraction of sp³-hybridized carbons (Fsp3) is 0.474. The molecule has 6 heteroatoms.